The van der Waals surface area contributed by atoms with E-state index in [0.29, 0.717) is 66.1 Å². The number of carbonyl (C=O) groups excluding carboxylic acids is 5. The summed E-state index contributed by atoms with van der Waals surface area (Å²) in [5.74, 6) is 0.0974. The molecule has 0 saturated carbocycles. The number of hydrogen-bond acceptors (Lipinski definition) is 32. The molecule has 4 aromatic rings. The van der Waals surface area contributed by atoms with Crippen molar-refractivity contribution in [3.8, 4) is 17.2 Å². The number of aryl methyl sites for hydroxylation is 4. The molecule has 4 saturated heterocycles. The SMILES string of the molecule is CCCCCCO[C@@H](C)C(=O)O[C@@H](C)COc1ccc(C)cc1.CCCCO[C@@H](C)C(=O)O.CCCCO[C@@H](C)C(=O)OCC.CCOC(=O)[C@H](C)O.CCOC(=O)[C@H](C)OC1CCCCO1.C[C@@H](CO)OC1CCCCO1.Cc1ccc(OC[C@H](C)O)cc1.Cc1ccc(OC[C@H](C)OC2CCCCO2)cc1.Cc1ccc(S(=O)(=O)OCC(C)OC2CCCCO2)cc1.O=CO[O-].[Cs+].[Cs+].[H-]. The van der Waals surface area contributed by atoms with Gasteiger partial charge in [0.15, 0.2) is 49.6 Å². The van der Waals surface area contributed by atoms with Crippen molar-refractivity contribution in [2.45, 2.75) is 358 Å². The molecule has 8 rings (SSSR count). The minimum absolute atomic E-state index is 0. The van der Waals surface area contributed by atoms with E-state index in [-0.39, 0.29) is 231 Å². The van der Waals surface area contributed by atoms with Gasteiger partial charge in [-0.25, -0.2) is 24.0 Å². The zero-order chi connectivity index (χ0) is 100. The second-order valence-corrected chi connectivity index (χ2v) is 33.4. The third-order valence-corrected chi connectivity index (χ3v) is 19.9. The zero-order valence-corrected chi connectivity index (χ0v) is 98.6. The van der Waals surface area contributed by atoms with Crippen LogP contribution in [0, 0.1) is 27.7 Å². The van der Waals surface area contributed by atoms with E-state index in [1.807, 2.05) is 121 Å². The molecule has 135 heavy (non-hydrogen) atoms. The maximum atomic E-state index is 12.0. The van der Waals surface area contributed by atoms with Crippen LogP contribution in [-0.4, -0.2) is 250 Å². The standard InChI is InChI=1S/C19H30O4.C15H22O5S.C15H22O3.C10H18O4.C10H14O2.C9H18O3.C8H16O3.C7H14O3.C5H10O3.CH2O3.2Cs.H/c1-5-6-7-8-13-21-17(4)19(20)23-16(3)14-22-18-11-9-15(2)10-12-18;1-12-6-8-14(9-7-12)21(16,17)19-11-13(2)20-15-5-3-4-10-18-15;1-12-6-8-14(9-7-12)17-11-13(2)18-15-5-3-4-10-16-15;1-3-12-10(11)8(2)14-9-6-4-5-7-13-9;1-8-3-5-10(6-4-8)12-7-9(2)11;1-4-6-7-12-8(3)9(10)11-5-2;1-7(6-9)11-8-4-2-3-5-10-8;1-3-4-5-10-6(2)7(8)9;1-3-8-5(7)4(2)6;2-1-4-3;;;/h9-12,16-17H,5-8,13-14H2,1-4H3;6-9,13,15H,3-5,10-11H2,1-2H3;6-9,13,15H,3-5,10-11H2,1-2H3;8-9H,3-7H2,1-2H3;3-6,9,11H,7H2,1-2H3;8H,4-7H2,1-3H3;7-9H,2-6H2,1H3;6H,3-5H2,1-2H3,(H,8,9);4,6H,3H2,1-2H3;1,3H;;;/q;;;;;;;;;;2*+1;-1/p-1/t16-,17-;;13-,15?;8-,9?;9-;8-;7-,8?;6-;4-;;;;/m0.0000000..../s1. The van der Waals surface area contributed by atoms with Gasteiger partial charge >= 0.3 is 168 Å². The van der Waals surface area contributed by atoms with Crippen LogP contribution in [0.25, 0.3) is 0 Å². The van der Waals surface area contributed by atoms with E-state index < -0.39 is 58.7 Å². The molecule has 4 fully saturated rings. The summed E-state index contributed by atoms with van der Waals surface area (Å²) in [7, 11) is -3.73. The summed E-state index contributed by atoms with van der Waals surface area (Å²) in [6.45, 7) is 43.8. The van der Waals surface area contributed by atoms with Gasteiger partial charge in [0, 0.05) is 46.2 Å². The van der Waals surface area contributed by atoms with Gasteiger partial charge in [-0.1, -0.05) is 124 Å². The van der Waals surface area contributed by atoms with Crippen molar-refractivity contribution in [3.05, 3.63) is 119 Å². The third-order valence-electron chi connectivity index (χ3n) is 18.6. The molecule has 0 aromatic heterocycles. The average molecular weight is 2180 g/mol. The van der Waals surface area contributed by atoms with Crippen molar-refractivity contribution in [2.75, 3.05) is 99.1 Å². The number of ether oxygens (including phenoxy) is 18. The molecule has 0 amide bonds. The number of carbonyl (C=O) groups is 6. The molecule has 768 valence electrons. The fourth-order valence-electron chi connectivity index (χ4n) is 10.9. The smallest absolute Gasteiger partial charge is 1.00 e. The van der Waals surface area contributed by atoms with Gasteiger partial charge < -0.3 is 117 Å². The maximum Gasteiger partial charge on any atom is 1.00 e. The van der Waals surface area contributed by atoms with Crippen LogP contribution in [0.5, 0.6) is 17.2 Å². The maximum absolute atomic E-state index is 12.0. The van der Waals surface area contributed by atoms with Gasteiger partial charge in [0.1, 0.15) is 49.3 Å². The van der Waals surface area contributed by atoms with E-state index in [9.17, 15) is 32.4 Å². The van der Waals surface area contributed by atoms with E-state index in [1.165, 1.54) is 56.2 Å². The molecule has 0 spiro atoms. The average Bonchev–Trinajstić information content (AvgIpc) is 0.840. The van der Waals surface area contributed by atoms with Gasteiger partial charge in [-0.3, -0.25) is 8.98 Å². The summed E-state index contributed by atoms with van der Waals surface area (Å²) in [4.78, 5) is 66.0. The monoisotopic (exact) mass is 2180 g/mol. The van der Waals surface area contributed by atoms with Crippen LogP contribution < -0.4 is 157 Å². The van der Waals surface area contributed by atoms with Crippen LogP contribution in [0.4, 0.5) is 0 Å². The molecule has 0 bridgehead atoms. The number of carboxylic acid groups (broad SMARTS) is 1. The Morgan fingerprint density at radius 2 is 0.748 bits per heavy atom. The molecule has 4 aliphatic heterocycles. The molecule has 4 N–H and O–H groups in total. The van der Waals surface area contributed by atoms with E-state index in [4.69, 9.17) is 115 Å². The number of benzene rings is 4. The van der Waals surface area contributed by atoms with Crippen molar-refractivity contribution in [3.63, 3.8) is 0 Å². The molecule has 5 unspecified atom stereocenters. The first-order chi connectivity index (χ1) is 63.5. The van der Waals surface area contributed by atoms with Crippen molar-refractivity contribution < 1.29 is 296 Å². The van der Waals surface area contributed by atoms with Crippen LogP contribution in [0.2, 0.25) is 0 Å². The summed E-state index contributed by atoms with van der Waals surface area (Å²) >= 11 is 0. The quantitative estimate of drug-likeness (QED) is 0.00607. The number of hydrogen-bond donors (Lipinski definition) is 4. The molecule has 36 heteroatoms. The van der Waals surface area contributed by atoms with Crippen molar-refractivity contribution in [1.29, 1.82) is 0 Å². The van der Waals surface area contributed by atoms with Crippen LogP contribution in [0.3, 0.4) is 0 Å². The number of aliphatic carboxylic acids is 1. The predicted molar refractivity (Wildman–Crippen MR) is 503 cm³/mol. The Bertz CT molecular complexity index is 3580. The Kier molecular flexibility index (Phi) is 92.4. The Labute approximate surface area is 925 Å². The largest absolute Gasteiger partial charge is 1.00 e. The molecule has 0 aliphatic carbocycles. The Balaban J connectivity index is -0.000000477. The predicted octanol–water partition coefficient (Wildman–Crippen LogP) is 9.89. The van der Waals surface area contributed by atoms with Crippen molar-refractivity contribution >= 4 is 46.4 Å². The minimum atomic E-state index is -3.73. The van der Waals surface area contributed by atoms with Crippen LogP contribution in [0.1, 0.15) is 263 Å². The normalized spacial score (nSPS) is 17.4. The third kappa shape index (κ3) is 79.6. The Morgan fingerprint density at radius 1 is 0.422 bits per heavy atom. The fraction of sp³-hybridized carbons (Fsp3) is 0.697. The number of aliphatic hydroxyl groups excluding tert-OH is 3. The number of aliphatic hydroxyl groups is 3. The second kappa shape index (κ2) is 90.5. The molecule has 4 aromatic carbocycles. The van der Waals surface area contributed by atoms with E-state index >= 15 is 0 Å². The van der Waals surface area contributed by atoms with E-state index in [1.54, 1.807) is 79.7 Å². The fourth-order valence-corrected chi connectivity index (χ4v) is 11.9. The van der Waals surface area contributed by atoms with Gasteiger partial charge in [-0.15, -0.1) is 0 Å². The Morgan fingerprint density at radius 3 is 1.08 bits per heavy atom. The number of carboxylic acids is 1. The first-order valence-electron chi connectivity index (χ1n) is 47.1. The van der Waals surface area contributed by atoms with Crippen LogP contribution >= 0.6 is 0 Å². The summed E-state index contributed by atoms with van der Waals surface area (Å²) in [6.07, 6.45) is 16.3. The molecule has 0 radical (unpaired) electrons. The van der Waals surface area contributed by atoms with Crippen molar-refractivity contribution in [2.24, 2.45) is 0 Å². The van der Waals surface area contributed by atoms with Crippen LogP contribution in [-0.2, 0) is 119 Å². The summed E-state index contributed by atoms with van der Waals surface area (Å²) in [5, 5.41) is 42.9. The van der Waals surface area contributed by atoms with Gasteiger partial charge in [0.2, 0.25) is 0 Å². The van der Waals surface area contributed by atoms with Gasteiger partial charge in [-0.2, -0.15) is 8.42 Å². The van der Waals surface area contributed by atoms with E-state index in [0.717, 1.165) is 145 Å². The van der Waals surface area contributed by atoms with Gasteiger partial charge in [-0.05, 0) is 263 Å². The first kappa shape index (κ1) is 138. The second-order valence-electron chi connectivity index (χ2n) is 31.8. The summed E-state index contributed by atoms with van der Waals surface area (Å²) in [6, 6.07) is 30.2. The molecule has 14 atom stereocenters. The summed E-state index contributed by atoms with van der Waals surface area (Å²) < 4.78 is 125. The molecule has 4 aliphatic rings. The number of esters is 4. The summed E-state index contributed by atoms with van der Waals surface area (Å²) in [5.41, 5.74) is 4.63. The topological polar surface area (TPSA) is 425 Å². The number of rotatable bonds is 46. The first-order valence-corrected chi connectivity index (χ1v) is 48.5. The molecular formula is C99H166Cs2O33S. The van der Waals surface area contributed by atoms with Crippen molar-refractivity contribution in [1.82, 2.24) is 0 Å². The number of unbranched alkanes of at least 4 members (excludes halogenated alkanes) is 5. The Hall–Kier alpha value is -3.49. The molecule has 4 heterocycles. The van der Waals surface area contributed by atoms with Gasteiger partial charge in [0.05, 0.1) is 62.3 Å². The molecular weight excluding hydrogens is 2010 g/mol. The van der Waals surface area contributed by atoms with Crippen LogP contribution in [0.15, 0.2) is 102 Å². The molecule has 33 nitrogen and oxygen atoms in total. The zero-order valence-electron chi connectivity index (χ0n) is 86.2. The van der Waals surface area contributed by atoms with E-state index in [2.05, 4.69) is 30.4 Å². The minimum Gasteiger partial charge on any atom is -1.00 e. The van der Waals surface area contributed by atoms with Gasteiger partial charge in [0.25, 0.3) is 16.6 Å².